The molecule has 18 heavy (non-hydrogen) atoms. The Morgan fingerprint density at radius 2 is 1.83 bits per heavy atom. The lowest BCUT2D eigenvalue weighted by Gasteiger charge is -2.23. The first kappa shape index (κ1) is 12.0. The first-order chi connectivity index (χ1) is 8.46. The number of carbonyl (C=O) groups excluding carboxylic acids is 1. The van der Waals surface area contributed by atoms with E-state index < -0.39 is 9.84 Å². The van der Waals surface area contributed by atoms with Gasteiger partial charge in [0, 0.05) is 23.0 Å². The Morgan fingerprint density at radius 3 is 2.50 bits per heavy atom. The zero-order valence-corrected chi connectivity index (χ0v) is 11.1. The highest BCUT2D eigenvalue weighted by Crippen LogP contribution is 2.37. The number of hydrogen-bond acceptors (Lipinski definition) is 3. The molecular weight excluding hydrogens is 274 g/mol. The number of benzene rings is 1. The van der Waals surface area contributed by atoms with Crippen LogP contribution in [0.15, 0.2) is 24.3 Å². The topological polar surface area (TPSA) is 54.5 Å². The van der Waals surface area contributed by atoms with E-state index in [4.69, 9.17) is 11.6 Å². The van der Waals surface area contributed by atoms with Gasteiger partial charge in [-0.05, 0) is 24.3 Å². The van der Waals surface area contributed by atoms with Gasteiger partial charge in [-0.3, -0.25) is 4.79 Å². The van der Waals surface area contributed by atoms with Gasteiger partial charge in [0.2, 0.25) is 5.91 Å². The minimum atomic E-state index is -3.00. The van der Waals surface area contributed by atoms with Gasteiger partial charge in [0.25, 0.3) is 0 Å². The zero-order valence-electron chi connectivity index (χ0n) is 9.54. The summed E-state index contributed by atoms with van der Waals surface area (Å²) >= 11 is 5.81. The zero-order chi connectivity index (χ0) is 12.9. The largest absolute Gasteiger partial charge is 0.308 e. The number of fused-ring (bicyclic) bond motifs is 1. The lowest BCUT2D eigenvalue weighted by atomic mass is 10.1. The number of halogens is 1. The van der Waals surface area contributed by atoms with Crippen molar-refractivity contribution in [3.63, 3.8) is 0 Å². The number of rotatable bonds is 1. The van der Waals surface area contributed by atoms with Gasteiger partial charge in [0.15, 0.2) is 9.84 Å². The average molecular weight is 286 g/mol. The molecule has 3 rings (SSSR count). The molecule has 0 aliphatic carbocycles. The first-order valence-electron chi connectivity index (χ1n) is 5.74. The summed E-state index contributed by atoms with van der Waals surface area (Å²) in [7, 11) is -3.00. The minimum absolute atomic E-state index is 0.00206. The van der Waals surface area contributed by atoms with E-state index in [0.29, 0.717) is 11.4 Å². The Kier molecular flexibility index (Phi) is 2.64. The summed E-state index contributed by atoms with van der Waals surface area (Å²) in [5.74, 6) is 0.153. The third-order valence-corrected chi connectivity index (χ3v) is 5.62. The maximum absolute atomic E-state index is 12.0. The fraction of sp³-hybridized carbons (Fsp3) is 0.417. The van der Waals surface area contributed by atoms with E-state index in [1.54, 1.807) is 29.2 Å². The van der Waals surface area contributed by atoms with Crippen LogP contribution in [0.5, 0.6) is 0 Å². The van der Waals surface area contributed by atoms with Gasteiger partial charge in [-0.1, -0.05) is 11.6 Å². The monoisotopic (exact) mass is 285 g/mol. The van der Waals surface area contributed by atoms with Crippen LogP contribution in [0, 0.1) is 5.92 Å². The van der Waals surface area contributed by atoms with Crippen molar-refractivity contribution in [1.29, 1.82) is 0 Å². The summed E-state index contributed by atoms with van der Waals surface area (Å²) in [6, 6.07) is 6.73. The smallest absolute Gasteiger partial charge is 0.227 e. The van der Waals surface area contributed by atoms with Crippen LogP contribution in [0.3, 0.4) is 0 Å². The lowest BCUT2D eigenvalue weighted by Crippen LogP contribution is -2.36. The van der Waals surface area contributed by atoms with Crippen LogP contribution in [0.1, 0.15) is 6.42 Å². The molecule has 0 spiro atoms. The first-order valence-corrected chi connectivity index (χ1v) is 7.94. The van der Waals surface area contributed by atoms with Gasteiger partial charge in [-0.15, -0.1) is 0 Å². The van der Waals surface area contributed by atoms with Crippen LogP contribution in [-0.2, 0) is 14.6 Å². The molecule has 0 bridgehead atoms. The van der Waals surface area contributed by atoms with E-state index in [0.717, 1.165) is 5.69 Å². The Bertz CT molecular complexity index is 596. The number of hydrogen-bond donors (Lipinski definition) is 0. The van der Waals surface area contributed by atoms with Gasteiger partial charge >= 0.3 is 0 Å². The molecule has 2 atom stereocenters. The van der Waals surface area contributed by atoms with E-state index in [-0.39, 0.29) is 29.4 Å². The molecule has 0 aromatic heterocycles. The minimum Gasteiger partial charge on any atom is -0.308 e. The molecule has 2 heterocycles. The van der Waals surface area contributed by atoms with Crippen LogP contribution in [-0.4, -0.2) is 31.9 Å². The number of amides is 1. The van der Waals surface area contributed by atoms with Crippen molar-refractivity contribution in [1.82, 2.24) is 0 Å². The normalized spacial score (nSPS) is 29.6. The fourth-order valence-corrected chi connectivity index (χ4v) is 5.02. The molecule has 0 radical (unpaired) electrons. The number of anilines is 1. The summed E-state index contributed by atoms with van der Waals surface area (Å²) in [6.45, 7) is 0. The molecule has 0 saturated carbocycles. The maximum atomic E-state index is 12.0. The highest BCUT2D eigenvalue weighted by molar-refractivity contribution is 7.91. The van der Waals surface area contributed by atoms with E-state index in [1.807, 2.05) is 0 Å². The van der Waals surface area contributed by atoms with Gasteiger partial charge in [-0.2, -0.15) is 0 Å². The summed E-state index contributed by atoms with van der Waals surface area (Å²) in [5.41, 5.74) is 0.731. The number of carbonyl (C=O) groups is 1. The maximum Gasteiger partial charge on any atom is 0.227 e. The van der Waals surface area contributed by atoms with E-state index in [1.165, 1.54) is 0 Å². The van der Waals surface area contributed by atoms with Crippen LogP contribution in [0.2, 0.25) is 5.02 Å². The van der Waals surface area contributed by atoms with Crippen molar-refractivity contribution in [2.24, 2.45) is 5.92 Å². The average Bonchev–Trinajstić information content (AvgIpc) is 2.70. The summed E-state index contributed by atoms with van der Waals surface area (Å²) < 4.78 is 23.2. The van der Waals surface area contributed by atoms with Crippen molar-refractivity contribution in [3.05, 3.63) is 29.3 Å². The van der Waals surface area contributed by atoms with E-state index in [2.05, 4.69) is 0 Å². The van der Waals surface area contributed by atoms with Crippen LogP contribution in [0.4, 0.5) is 5.69 Å². The molecule has 0 unspecified atom stereocenters. The Morgan fingerprint density at radius 1 is 1.17 bits per heavy atom. The van der Waals surface area contributed by atoms with Gasteiger partial charge in [-0.25, -0.2) is 8.42 Å². The van der Waals surface area contributed by atoms with Gasteiger partial charge in [0.1, 0.15) is 0 Å². The van der Waals surface area contributed by atoms with Crippen molar-refractivity contribution in [2.45, 2.75) is 12.5 Å². The summed E-state index contributed by atoms with van der Waals surface area (Å²) in [5, 5.41) is 0.598. The predicted octanol–water partition coefficient (Wildman–Crippen LogP) is 1.49. The van der Waals surface area contributed by atoms with Crippen molar-refractivity contribution >= 4 is 33.0 Å². The molecule has 2 aliphatic rings. The molecule has 96 valence electrons. The second kappa shape index (κ2) is 3.96. The lowest BCUT2D eigenvalue weighted by molar-refractivity contribution is -0.117. The van der Waals surface area contributed by atoms with Crippen LogP contribution in [0.25, 0.3) is 0 Å². The van der Waals surface area contributed by atoms with E-state index in [9.17, 15) is 13.2 Å². The fourth-order valence-electron chi connectivity index (χ4n) is 2.83. The molecule has 2 aliphatic heterocycles. The summed E-state index contributed by atoms with van der Waals surface area (Å²) in [4.78, 5) is 13.6. The molecule has 2 saturated heterocycles. The molecular formula is C12H12ClNO3S. The quantitative estimate of drug-likeness (QED) is 0.785. The van der Waals surface area contributed by atoms with Gasteiger partial charge in [0.05, 0.1) is 17.5 Å². The Hall–Kier alpha value is -1.07. The highest BCUT2D eigenvalue weighted by Gasteiger charge is 2.49. The Labute approximate surface area is 110 Å². The second-order valence-corrected chi connectivity index (χ2v) is 7.44. The van der Waals surface area contributed by atoms with Crippen molar-refractivity contribution in [2.75, 3.05) is 16.4 Å². The van der Waals surface area contributed by atoms with Crippen molar-refractivity contribution in [3.8, 4) is 0 Å². The molecule has 1 aromatic carbocycles. The number of sulfone groups is 1. The molecule has 0 N–H and O–H groups in total. The van der Waals surface area contributed by atoms with Crippen molar-refractivity contribution < 1.29 is 13.2 Å². The van der Waals surface area contributed by atoms with Crippen LogP contribution < -0.4 is 4.90 Å². The predicted molar refractivity (Wildman–Crippen MR) is 69.5 cm³/mol. The van der Waals surface area contributed by atoms with Crippen LogP contribution >= 0.6 is 11.6 Å². The molecule has 4 nitrogen and oxygen atoms in total. The molecule has 1 amide bonds. The third kappa shape index (κ3) is 1.91. The summed E-state index contributed by atoms with van der Waals surface area (Å²) in [6.07, 6.45) is 0.326. The highest BCUT2D eigenvalue weighted by atomic mass is 35.5. The molecule has 6 heteroatoms. The standard InChI is InChI=1S/C12H12ClNO3S/c13-9-1-3-10(4-2-9)14-11-7-18(16,17)6-8(11)5-12(14)15/h1-4,8,11H,5-7H2/t8-,11-/m0/s1. The number of nitrogens with zero attached hydrogens (tertiary/aromatic N) is 1. The van der Waals surface area contributed by atoms with E-state index >= 15 is 0 Å². The molecule has 1 aromatic rings. The SMILES string of the molecule is O=C1C[C@H]2CS(=O)(=O)C[C@@H]2N1c1ccc(Cl)cc1. The molecule has 2 fully saturated rings. The van der Waals surface area contributed by atoms with Gasteiger partial charge < -0.3 is 4.90 Å². The third-order valence-electron chi connectivity index (χ3n) is 3.58. The second-order valence-electron chi connectivity index (χ2n) is 4.85. The Balaban J connectivity index is 1.96.